The Bertz CT molecular complexity index is 309. The van der Waals surface area contributed by atoms with Crippen molar-refractivity contribution in [3.05, 3.63) is 18.2 Å². The minimum atomic E-state index is 0.137. The molecule has 1 rings (SSSR count). The summed E-state index contributed by atoms with van der Waals surface area (Å²) in [5.41, 5.74) is 1.02. The van der Waals surface area contributed by atoms with E-state index in [0.717, 1.165) is 25.1 Å². The summed E-state index contributed by atoms with van der Waals surface area (Å²) in [6.45, 7) is 3.04. The molecule has 0 saturated heterocycles. The van der Waals surface area contributed by atoms with Gasteiger partial charge in [0.15, 0.2) is 0 Å². The van der Waals surface area contributed by atoms with E-state index in [-0.39, 0.29) is 5.91 Å². The molecule has 1 amide bonds. The highest BCUT2D eigenvalue weighted by Gasteiger charge is 2.02. The number of carbonyl (C=O) groups excluding carboxylic acids is 1. The molecule has 1 heterocycles. The Kier molecular flexibility index (Phi) is 7.93. The van der Waals surface area contributed by atoms with E-state index in [4.69, 9.17) is 0 Å². The highest BCUT2D eigenvalue weighted by atomic mass is 16.1. The number of amides is 1. The number of aryl methyl sites for hydroxylation is 1. The average molecular weight is 251 g/mol. The predicted molar refractivity (Wildman–Crippen MR) is 73.3 cm³/mol. The topological polar surface area (TPSA) is 57.8 Å². The lowest BCUT2D eigenvalue weighted by Gasteiger charge is -2.04. The maximum Gasteiger partial charge on any atom is 0.220 e. The molecule has 0 unspecified atom stereocenters. The van der Waals surface area contributed by atoms with Crippen molar-refractivity contribution in [3.8, 4) is 0 Å². The summed E-state index contributed by atoms with van der Waals surface area (Å²) >= 11 is 0. The molecule has 0 aromatic carbocycles. The van der Waals surface area contributed by atoms with Gasteiger partial charge in [-0.2, -0.15) is 0 Å². The molecule has 0 fully saturated rings. The van der Waals surface area contributed by atoms with E-state index >= 15 is 0 Å². The zero-order valence-electron chi connectivity index (χ0n) is 11.4. The first-order chi connectivity index (χ1) is 8.83. The summed E-state index contributed by atoms with van der Waals surface area (Å²) < 4.78 is 0. The minimum absolute atomic E-state index is 0.137. The average Bonchev–Trinajstić information content (AvgIpc) is 2.88. The van der Waals surface area contributed by atoms with Gasteiger partial charge >= 0.3 is 0 Å². The summed E-state index contributed by atoms with van der Waals surface area (Å²) in [5.74, 6) is 0.137. The van der Waals surface area contributed by atoms with Gasteiger partial charge in [-0.05, 0) is 12.8 Å². The number of nitrogens with one attached hydrogen (secondary N) is 2. The first-order valence-electron chi connectivity index (χ1n) is 7.07. The van der Waals surface area contributed by atoms with Gasteiger partial charge in [-0.15, -0.1) is 0 Å². The minimum Gasteiger partial charge on any atom is -0.356 e. The maximum absolute atomic E-state index is 11.5. The molecule has 4 heteroatoms. The Morgan fingerprint density at radius 3 is 2.78 bits per heavy atom. The zero-order valence-corrected chi connectivity index (χ0v) is 11.4. The smallest absolute Gasteiger partial charge is 0.220 e. The van der Waals surface area contributed by atoms with Gasteiger partial charge in [0, 0.05) is 24.9 Å². The van der Waals surface area contributed by atoms with Crippen LogP contribution >= 0.6 is 0 Å². The molecule has 2 N–H and O–H groups in total. The number of nitrogens with zero attached hydrogens (tertiary/aromatic N) is 1. The molecule has 0 spiro atoms. The van der Waals surface area contributed by atoms with Crippen LogP contribution in [0.4, 0.5) is 0 Å². The van der Waals surface area contributed by atoms with Crippen LogP contribution in [0.15, 0.2) is 12.5 Å². The molecule has 1 aromatic rings. The van der Waals surface area contributed by atoms with Gasteiger partial charge in [-0.1, -0.05) is 39.0 Å². The second-order valence-corrected chi connectivity index (χ2v) is 4.69. The van der Waals surface area contributed by atoms with Crippen molar-refractivity contribution in [2.75, 3.05) is 6.54 Å². The number of hydrogen-bond acceptors (Lipinski definition) is 2. The third-order valence-corrected chi connectivity index (χ3v) is 3.03. The Labute approximate surface area is 110 Å². The fraction of sp³-hybridized carbons (Fsp3) is 0.714. The number of carbonyl (C=O) groups is 1. The molecule has 18 heavy (non-hydrogen) atoms. The maximum atomic E-state index is 11.5. The van der Waals surface area contributed by atoms with Crippen LogP contribution in [0.25, 0.3) is 0 Å². The van der Waals surface area contributed by atoms with E-state index in [2.05, 4.69) is 22.2 Å². The van der Waals surface area contributed by atoms with Crippen LogP contribution in [-0.4, -0.2) is 22.4 Å². The van der Waals surface area contributed by atoms with Crippen LogP contribution < -0.4 is 5.32 Å². The quantitative estimate of drug-likeness (QED) is 0.628. The van der Waals surface area contributed by atoms with E-state index in [1.54, 1.807) is 12.5 Å². The number of unbranched alkanes of at least 4 members (excludes halogenated alkanes) is 5. The zero-order chi connectivity index (χ0) is 13.1. The van der Waals surface area contributed by atoms with Gasteiger partial charge in [-0.25, -0.2) is 4.98 Å². The molecule has 0 aliphatic carbocycles. The number of aromatic nitrogens is 2. The van der Waals surface area contributed by atoms with Crippen molar-refractivity contribution < 1.29 is 4.79 Å². The van der Waals surface area contributed by atoms with Crippen LogP contribution in [-0.2, 0) is 11.2 Å². The molecule has 0 atom stereocenters. The normalized spacial score (nSPS) is 10.5. The molecule has 1 aromatic heterocycles. The monoisotopic (exact) mass is 251 g/mol. The summed E-state index contributed by atoms with van der Waals surface area (Å²) in [6, 6.07) is 0. The van der Waals surface area contributed by atoms with Crippen molar-refractivity contribution in [2.45, 2.75) is 58.3 Å². The van der Waals surface area contributed by atoms with Crippen molar-refractivity contribution in [2.24, 2.45) is 0 Å². The molecule has 0 bridgehead atoms. The fourth-order valence-electron chi connectivity index (χ4n) is 1.89. The van der Waals surface area contributed by atoms with Crippen LogP contribution in [0.5, 0.6) is 0 Å². The van der Waals surface area contributed by atoms with Crippen molar-refractivity contribution in [1.29, 1.82) is 0 Å². The van der Waals surface area contributed by atoms with Crippen molar-refractivity contribution in [3.63, 3.8) is 0 Å². The lowest BCUT2D eigenvalue weighted by molar-refractivity contribution is -0.121. The predicted octanol–water partition coefficient (Wildman–Crippen LogP) is 2.82. The number of rotatable bonds is 10. The van der Waals surface area contributed by atoms with Crippen LogP contribution in [0, 0.1) is 0 Å². The Morgan fingerprint density at radius 2 is 2.06 bits per heavy atom. The van der Waals surface area contributed by atoms with E-state index in [0.29, 0.717) is 6.42 Å². The number of imidazole rings is 1. The van der Waals surface area contributed by atoms with Gasteiger partial charge in [0.05, 0.1) is 6.33 Å². The molecular weight excluding hydrogens is 226 g/mol. The third-order valence-electron chi connectivity index (χ3n) is 3.03. The highest BCUT2D eigenvalue weighted by Crippen LogP contribution is 2.04. The summed E-state index contributed by atoms with van der Waals surface area (Å²) in [7, 11) is 0. The SMILES string of the molecule is CCCCCCCCNC(=O)CCc1cnc[nH]1. The molecule has 0 aliphatic heterocycles. The first kappa shape index (κ1) is 14.7. The number of aromatic amines is 1. The number of H-pyrrole nitrogens is 1. The van der Waals surface area contributed by atoms with Crippen molar-refractivity contribution >= 4 is 5.91 Å². The van der Waals surface area contributed by atoms with Gasteiger partial charge in [-0.3, -0.25) is 4.79 Å². The van der Waals surface area contributed by atoms with Gasteiger partial charge < -0.3 is 10.3 Å². The Morgan fingerprint density at radius 1 is 1.28 bits per heavy atom. The van der Waals surface area contributed by atoms with Crippen molar-refractivity contribution in [1.82, 2.24) is 15.3 Å². The summed E-state index contributed by atoms with van der Waals surface area (Å²) in [6.07, 6.45) is 12.2. The third kappa shape index (κ3) is 7.09. The fourth-order valence-corrected chi connectivity index (χ4v) is 1.89. The number of hydrogen-bond donors (Lipinski definition) is 2. The summed E-state index contributed by atoms with van der Waals surface area (Å²) in [4.78, 5) is 18.4. The Hall–Kier alpha value is -1.32. The second kappa shape index (κ2) is 9.68. The lowest BCUT2D eigenvalue weighted by atomic mass is 10.1. The van der Waals surface area contributed by atoms with E-state index in [9.17, 15) is 4.79 Å². The van der Waals surface area contributed by atoms with E-state index in [1.165, 1.54) is 32.1 Å². The standard InChI is InChI=1S/C14H25N3O/c1-2-3-4-5-6-7-10-16-14(18)9-8-13-11-15-12-17-13/h11-12H,2-10H2,1H3,(H,15,17)(H,16,18). The highest BCUT2D eigenvalue weighted by molar-refractivity contribution is 5.76. The molecule has 0 aliphatic rings. The lowest BCUT2D eigenvalue weighted by Crippen LogP contribution is -2.24. The van der Waals surface area contributed by atoms with Crippen LogP contribution in [0.2, 0.25) is 0 Å². The molecule has 0 radical (unpaired) electrons. The molecule has 102 valence electrons. The molecule has 4 nitrogen and oxygen atoms in total. The van der Waals surface area contributed by atoms with E-state index < -0.39 is 0 Å². The second-order valence-electron chi connectivity index (χ2n) is 4.69. The van der Waals surface area contributed by atoms with Gasteiger partial charge in [0.2, 0.25) is 5.91 Å². The van der Waals surface area contributed by atoms with Crippen LogP contribution in [0.3, 0.4) is 0 Å². The van der Waals surface area contributed by atoms with Crippen LogP contribution in [0.1, 0.15) is 57.6 Å². The van der Waals surface area contributed by atoms with Gasteiger partial charge in [0.1, 0.15) is 0 Å². The van der Waals surface area contributed by atoms with E-state index in [1.807, 2.05) is 0 Å². The largest absolute Gasteiger partial charge is 0.356 e. The van der Waals surface area contributed by atoms with Gasteiger partial charge in [0.25, 0.3) is 0 Å². The Balaban J connectivity index is 1.90. The molecule has 0 saturated carbocycles. The first-order valence-corrected chi connectivity index (χ1v) is 7.07. The molecular formula is C14H25N3O. The summed E-state index contributed by atoms with van der Waals surface area (Å²) in [5, 5.41) is 2.96.